The van der Waals surface area contributed by atoms with Crippen molar-refractivity contribution >= 4 is 16.7 Å². The Kier molecular flexibility index (Phi) is 7.35. The van der Waals surface area contributed by atoms with Crippen LogP contribution in [0.5, 0.6) is 5.75 Å². The lowest BCUT2D eigenvalue weighted by Crippen LogP contribution is -2.52. The van der Waals surface area contributed by atoms with Gasteiger partial charge in [0.05, 0.1) is 18.4 Å². The summed E-state index contributed by atoms with van der Waals surface area (Å²) in [5.74, 6) is 0.689. The number of nitrogens with one attached hydrogen (secondary N) is 1. The van der Waals surface area contributed by atoms with Crippen LogP contribution in [-0.4, -0.2) is 61.3 Å². The van der Waals surface area contributed by atoms with Crippen molar-refractivity contribution in [3.63, 3.8) is 0 Å². The lowest BCUT2D eigenvalue weighted by atomic mass is 10.0. The number of pyridine rings is 1. The summed E-state index contributed by atoms with van der Waals surface area (Å²) in [5.41, 5.74) is 2.20. The maximum absolute atomic E-state index is 13.0. The molecule has 1 saturated heterocycles. The summed E-state index contributed by atoms with van der Waals surface area (Å²) >= 11 is 0. The number of aromatic nitrogens is 1. The van der Waals surface area contributed by atoms with E-state index in [2.05, 4.69) is 10.2 Å². The van der Waals surface area contributed by atoms with Crippen LogP contribution in [0.2, 0.25) is 0 Å². The van der Waals surface area contributed by atoms with Crippen LogP contribution in [0.4, 0.5) is 0 Å². The van der Waals surface area contributed by atoms with E-state index in [1.165, 1.54) is 0 Å². The molecule has 3 aromatic rings. The van der Waals surface area contributed by atoms with Crippen molar-refractivity contribution in [2.24, 2.45) is 0 Å². The number of ether oxygens (including phenoxy) is 2. The topological polar surface area (TPSA) is 63.7 Å². The highest BCUT2D eigenvalue weighted by molar-refractivity contribution is 6.06. The second-order valence-electron chi connectivity index (χ2n) is 7.98. The number of likely N-dealkylation sites (tertiary alicyclic amines) is 1. The van der Waals surface area contributed by atoms with E-state index in [0.717, 1.165) is 60.4 Å². The molecular formula is C26H31N3O3. The highest BCUT2D eigenvalue weighted by atomic mass is 16.5. The van der Waals surface area contributed by atoms with Gasteiger partial charge in [-0.05, 0) is 56.0 Å². The molecule has 1 fully saturated rings. The van der Waals surface area contributed by atoms with Crippen LogP contribution in [-0.2, 0) is 4.74 Å². The summed E-state index contributed by atoms with van der Waals surface area (Å²) in [6, 6.07) is 17.7. The standard InChI is InChI=1S/C26H31N3O3/c1-3-31-21-12-10-19(11-13-21)24-16-20-8-5-6-9-23(20)25(28-24)26(30)27-14-7-15-29-17-22(18-29)32-4-2/h5-6,8-13,16,22H,3-4,7,14-15,17-18H2,1-2H3,(H,27,30). The fourth-order valence-electron chi connectivity index (χ4n) is 4.04. The Balaban J connectivity index is 1.43. The van der Waals surface area contributed by atoms with E-state index in [1.54, 1.807) is 0 Å². The third kappa shape index (κ3) is 5.26. The Labute approximate surface area is 189 Å². The number of fused-ring (bicyclic) bond motifs is 1. The average molecular weight is 434 g/mol. The zero-order valence-electron chi connectivity index (χ0n) is 18.8. The van der Waals surface area contributed by atoms with E-state index < -0.39 is 0 Å². The highest BCUT2D eigenvalue weighted by Gasteiger charge is 2.26. The van der Waals surface area contributed by atoms with Crippen LogP contribution in [0, 0.1) is 0 Å². The van der Waals surface area contributed by atoms with E-state index in [-0.39, 0.29) is 5.91 Å². The summed E-state index contributed by atoms with van der Waals surface area (Å²) in [6.07, 6.45) is 1.27. The summed E-state index contributed by atoms with van der Waals surface area (Å²) < 4.78 is 11.1. The molecule has 1 aromatic heterocycles. The predicted molar refractivity (Wildman–Crippen MR) is 127 cm³/mol. The lowest BCUT2D eigenvalue weighted by Gasteiger charge is -2.38. The number of hydrogen-bond donors (Lipinski definition) is 1. The van der Waals surface area contributed by atoms with E-state index >= 15 is 0 Å². The molecule has 0 spiro atoms. The number of carbonyl (C=O) groups is 1. The molecule has 6 heteroatoms. The van der Waals surface area contributed by atoms with E-state index in [9.17, 15) is 4.79 Å². The zero-order chi connectivity index (χ0) is 22.3. The summed E-state index contributed by atoms with van der Waals surface area (Å²) in [4.78, 5) is 20.1. The SMILES string of the molecule is CCOc1ccc(-c2cc3ccccc3c(C(=O)NCCCN3CC(OCC)C3)n2)cc1. The minimum atomic E-state index is -0.134. The molecule has 0 radical (unpaired) electrons. The molecule has 4 rings (SSSR count). The van der Waals surface area contributed by atoms with Crippen LogP contribution < -0.4 is 10.1 Å². The van der Waals surface area contributed by atoms with Gasteiger partial charge in [-0.1, -0.05) is 24.3 Å². The molecule has 1 aliphatic heterocycles. The lowest BCUT2D eigenvalue weighted by molar-refractivity contribution is -0.0494. The Bertz CT molecular complexity index is 1050. The summed E-state index contributed by atoms with van der Waals surface area (Å²) in [7, 11) is 0. The Morgan fingerprint density at radius 2 is 1.88 bits per heavy atom. The third-order valence-corrected chi connectivity index (χ3v) is 5.68. The van der Waals surface area contributed by atoms with Crippen molar-refractivity contribution in [2.45, 2.75) is 26.4 Å². The fraction of sp³-hybridized carbons (Fsp3) is 0.385. The van der Waals surface area contributed by atoms with Gasteiger partial charge in [0.1, 0.15) is 11.4 Å². The molecule has 1 N–H and O–H groups in total. The molecule has 0 bridgehead atoms. The Morgan fingerprint density at radius 3 is 2.62 bits per heavy atom. The number of carbonyl (C=O) groups excluding carboxylic acids is 1. The molecular weight excluding hydrogens is 402 g/mol. The highest BCUT2D eigenvalue weighted by Crippen LogP contribution is 2.26. The van der Waals surface area contributed by atoms with E-state index in [1.807, 2.05) is 68.4 Å². The van der Waals surface area contributed by atoms with Gasteiger partial charge in [0, 0.05) is 43.7 Å². The molecule has 0 saturated carbocycles. The van der Waals surface area contributed by atoms with Crippen molar-refractivity contribution in [2.75, 3.05) is 39.4 Å². The Hall–Kier alpha value is -2.96. The first-order valence-electron chi connectivity index (χ1n) is 11.4. The van der Waals surface area contributed by atoms with E-state index in [0.29, 0.717) is 24.9 Å². The van der Waals surface area contributed by atoms with Crippen LogP contribution in [0.3, 0.4) is 0 Å². The first-order valence-corrected chi connectivity index (χ1v) is 11.4. The van der Waals surface area contributed by atoms with Gasteiger partial charge in [0.2, 0.25) is 0 Å². The van der Waals surface area contributed by atoms with Crippen molar-refractivity contribution < 1.29 is 14.3 Å². The molecule has 6 nitrogen and oxygen atoms in total. The average Bonchev–Trinajstić information content (AvgIpc) is 2.79. The van der Waals surface area contributed by atoms with Gasteiger partial charge in [0.15, 0.2) is 0 Å². The number of rotatable bonds is 10. The monoisotopic (exact) mass is 433 g/mol. The zero-order valence-corrected chi connectivity index (χ0v) is 18.8. The fourth-order valence-corrected chi connectivity index (χ4v) is 4.04. The normalized spacial score (nSPS) is 14.3. The smallest absolute Gasteiger partial charge is 0.270 e. The molecule has 2 aromatic carbocycles. The van der Waals surface area contributed by atoms with Gasteiger partial charge in [0.25, 0.3) is 5.91 Å². The van der Waals surface area contributed by atoms with Crippen LogP contribution in [0.15, 0.2) is 54.6 Å². The van der Waals surface area contributed by atoms with Crippen LogP contribution in [0.25, 0.3) is 22.0 Å². The van der Waals surface area contributed by atoms with Gasteiger partial charge in [-0.25, -0.2) is 4.98 Å². The van der Waals surface area contributed by atoms with Gasteiger partial charge in [-0.3, -0.25) is 9.69 Å². The Morgan fingerprint density at radius 1 is 1.09 bits per heavy atom. The van der Waals surface area contributed by atoms with Crippen LogP contribution >= 0.6 is 0 Å². The molecule has 1 amide bonds. The van der Waals surface area contributed by atoms with Gasteiger partial charge < -0.3 is 14.8 Å². The molecule has 2 heterocycles. The number of hydrogen-bond acceptors (Lipinski definition) is 5. The number of benzene rings is 2. The van der Waals surface area contributed by atoms with Gasteiger partial charge in [-0.15, -0.1) is 0 Å². The maximum Gasteiger partial charge on any atom is 0.270 e. The van der Waals surface area contributed by atoms with Crippen molar-refractivity contribution in [3.8, 4) is 17.0 Å². The molecule has 168 valence electrons. The minimum absolute atomic E-state index is 0.134. The quantitative estimate of drug-likeness (QED) is 0.487. The first-order chi connectivity index (χ1) is 15.7. The largest absolute Gasteiger partial charge is 0.494 e. The molecule has 0 unspecified atom stereocenters. The number of nitrogens with zero attached hydrogens (tertiary/aromatic N) is 2. The van der Waals surface area contributed by atoms with Gasteiger partial charge in [-0.2, -0.15) is 0 Å². The van der Waals surface area contributed by atoms with Crippen molar-refractivity contribution in [1.82, 2.24) is 15.2 Å². The molecule has 0 aliphatic carbocycles. The predicted octanol–water partition coefficient (Wildman–Crippen LogP) is 4.14. The summed E-state index contributed by atoms with van der Waals surface area (Å²) in [6.45, 7) is 8.94. The molecule has 1 aliphatic rings. The second kappa shape index (κ2) is 10.6. The minimum Gasteiger partial charge on any atom is -0.494 e. The van der Waals surface area contributed by atoms with Crippen LogP contribution in [0.1, 0.15) is 30.8 Å². The number of amides is 1. The molecule has 0 atom stereocenters. The molecule has 32 heavy (non-hydrogen) atoms. The van der Waals surface area contributed by atoms with Gasteiger partial charge >= 0.3 is 0 Å². The van der Waals surface area contributed by atoms with Crippen molar-refractivity contribution in [1.29, 1.82) is 0 Å². The van der Waals surface area contributed by atoms with Crippen molar-refractivity contribution in [3.05, 3.63) is 60.3 Å². The van der Waals surface area contributed by atoms with E-state index in [4.69, 9.17) is 14.5 Å². The maximum atomic E-state index is 13.0. The first kappa shape index (κ1) is 22.2. The second-order valence-corrected chi connectivity index (χ2v) is 7.98. The summed E-state index contributed by atoms with van der Waals surface area (Å²) in [5, 5.41) is 4.92. The third-order valence-electron chi connectivity index (χ3n) is 5.68.